The molecule has 2 aliphatic heterocycles. The summed E-state index contributed by atoms with van der Waals surface area (Å²) in [4.78, 5) is 0. The lowest BCUT2D eigenvalue weighted by Gasteiger charge is -2.19. The van der Waals surface area contributed by atoms with Crippen molar-refractivity contribution in [2.24, 2.45) is 0 Å². The average molecular weight is 274 g/mol. The van der Waals surface area contributed by atoms with E-state index in [2.05, 4.69) is 17.6 Å². The summed E-state index contributed by atoms with van der Waals surface area (Å²) in [7, 11) is 0. The van der Waals surface area contributed by atoms with Gasteiger partial charge in [-0.25, -0.2) is 0 Å². The summed E-state index contributed by atoms with van der Waals surface area (Å²) in [6.07, 6.45) is 5.79. The van der Waals surface area contributed by atoms with Crippen LogP contribution in [0, 0.1) is 0 Å². The Labute approximate surface area is 117 Å². The molecule has 2 bridgehead atoms. The van der Waals surface area contributed by atoms with E-state index in [0.29, 0.717) is 12.1 Å². The molecule has 1 saturated heterocycles. The summed E-state index contributed by atoms with van der Waals surface area (Å²) >= 11 is 6.21. The fourth-order valence-corrected chi connectivity index (χ4v) is 3.46. The van der Waals surface area contributed by atoms with Crippen LogP contribution in [0.25, 0.3) is 0 Å². The first kappa shape index (κ1) is 11.5. The summed E-state index contributed by atoms with van der Waals surface area (Å²) < 4.78 is 2.04. The fourth-order valence-electron chi connectivity index (χ4n) is 3.27. The Kier molecular flexibility index (Phi) is 2.64. The molecule has 2 aliphatic rings. The standard InChI is InChI=1S/C15H16ClN3/c16-13-4-2-1-3-10(13)8-19-9-12-14-6-5-11(17-14)7-15(12)18-19/h1-4,9,11,14,17H,5-8H2/t11-,14-/m0/s1. The Bertz CT molecular complexity index is 620. The van der Waals surface area contributed by atoms with Crippen molar-refractivity contribution >= 4 is 11.6 Å². The number of nitrogens with zero attached hydrogens (tertiary/aromatic N) is 2. The Morgan fingerprint density at radius 1 is 1.32 bits per heavy atom. The molecule has 0 saturated carbocycles. The third-order valence-corrected chi connectivity index (χ3v) is 4.59. The SMILES string of the molecule is Clc1ccccc1Cn1cc2c(n1)C[C@@H]1CC[C@@H]2N1. The first-order chi connectivity index (χ1) is 9.29. The zero-order valence-corrected chi connectivity index (χ0v) is 11.4. The molecule has 0 spiro atoms. The first-order valence-corrected chi connectivity index (χ1v) is 7.23. The van der Waals surface area contributed by atoms with Crippen molar-refractivity contribution in [3.63, 3.8) is 0 Å². The van der Waals surface area contributed by atoms with E-state index in [0.717, 1.165) is 23.6 Å². The normalized spacial score (nSPS) is 24.5. The summed E-state index contributed by atoms with van der Waals surface area (Å²) in [5, 5.41) is 9.22. The predicted molar refractivity (Wildman–Crippen MR) is 75.4 cm³/mol. The number of aromatic nitrogens is 2. The van der Waals surface area contributed by atoms with Crippen LogP contribution in [0.15, 0.2) is 30.5 Å². The molecule has 0 unspecified atom stereocenters. The van der Waals surface area contributed by atoms with Crippen LogP contribution in [0.1, 0.15) is 35.7 Å². The highest BCUT2D eigenvalue weighted by molar-refractivity contribution is 6.31. The van der Waals surface area contributed by atoms with Crippen molar-refractivity contribution < 1.29 is 0 Å². The molecule has 0 radical (unpaired) electrons. The van der Waals surface area contributed by atoms with E-state index in [-0.39, 0.29) is 0 Å². The summed E-state index contributed by atoms with van der Waals surface area (Å²) in [6.45, 7) is 0.754. The second kappa shape index (κ2) is 4.36. The van der Waals surface area contributed by atoms with Gasteiger partial charge in [0.05, 0.1) is 12.2 Å². The molecule has 3 heterocycles. The molecule has 98 valence electrons. The van der Waals surface area contributed by atoms with Crippen molar-refractivity contribution in [2.45, 2.75) is 37.9 Å². The zero-order chi connectivity index (χ0) is 12.8. The smallest absolute Gasteiger partial charge is 0.0688 e. The molecule has 4 heteroatoms. The fraction of sp³-hybridized carbons (Fsp3) is 0.400. The Balaban J connectivity index is 1.64. The number of halogens is 1. The molecule has 1 N–H and O–H groups in total. The minimum absolute atomic E-state index is 0.522. The number of hydrogen-bond acceptors (Lipinski definition) is 2. The molecule has 2 atom stereocenters. The van der Waals surface area contributed by atoms with Gasteiger partial charge in [0.2, 0.25) is 0 Å². The maximum Gasteiger partial charge on any atom is 0.0688 e. The topological polar surface area (TPSA) is 29.9 Å². The molecule has 4 rings (SSSR count). The van der Waals surface area contributed by atoms with Crippen LogP contribution in [0.3, 0.4) is 0 Å². The number of benzene rings is 1. The maximum atomic E-state index is 6.21. The van der Waals surface area contributed by atoms with Crippen molar-refractivity contribution in [1.29, 1.82) is 0 Å². The number of fused-ring (bicyclic) bond motifs is 4. The Hall–Kier alpha value is -1.32. The van der Waals surface area contributed by atoms with Gasteiger partial charge in [-0.05, 0) is 24.5 Å². The van der Waals surface area contributed by atoms with E-state index in [1.54, 1.807) is 0 Å². The van der Waals surface area contributed by atoms with Gasteiger partial charge in [-0.1, -0.05) is 29.8 Å². The minimum atomic E-state index is 0.522. The molecular weight excluding hydrogens is 258 g/mol. The number of nitrogens with one attached hydrogen (secondary N) is 1. The van der Waals surface area contributed by atoms with Crippen LogP contribution < -0.4 is 5.32 Å². The highest BCUT2D eigenvalue weighted by Crippen LogP contribution is 2.35. The number of hydrogen-bond donors (Lipinski definition) is 1. The first-order valence-electron chi connectivity index (χ1n) is 6.85. The van der Waals surface area contributed by atoms with Gasteiger partial charge >= 0.3 is 0 Å². The molecular formula is C15H16ClN3. The van der Waals surface area contributed by atoms with E-state index < -0.39 is 0 Å². The Morgan fingerprint density at radius 3 is 3.11 bits per heavy atom. The quantitative estimate of drug-likeness (QED) is 0.912. The molecule has 2 aromatic rings. The van der Waals surface area contributed by atoms with Crippen molar-refractivity contribution in [2.75, 3.05) is 0 Å². The van der Waals surface area contributed by atoms with Gasteiger partial charge in [-0.15, -0.1) is 0 Å². The van der Waals surface area contributed by atoms with Crippen LogP contribution in [0.5, 0.6) is 0 Å². The molecule has 0 amide bonds. The van der Waals surface area contributed by atoms with Crippen LogP contribution in [0.4, 0.5) is 0 Å². The molecule has 3 nitrogen and oxygen atoms in total. The molecule has 0 aliphatic carbocycles. The van der Waals surface area contributed by atoms with Crippen molar-refractivity contribution in [3.05, 3.63) is 52.3 Å². The van der Waals surface area contributed by atoms with Gasteiger partial charge in [0.25, 0.3) is 0 Å². The van der Waals surface area contributed by atoms with Gasteiger partial charge in [0, 0.05) is 35.3 Å². The lowest BCUT2D eigenvalue weighted by molar-refractivity contribution is 0.509. The van der Waals surface area contributed by atoms with Crippen molar-refractivity contribution in [1.82, 2.24) is 15.1 Å². The largest absolute Gasteiger partial charge is 0.307 e. The molecule has 1 fully saturated rings. The highest BCUT2D eigenvalue weighted by atomic mass is 35.5. The van der Waals surface area contributed by atoms with E-state index in [9.17, 15) is 0 Å². The van der Waals surface area contributed by atoms with Gasteiger partial charge < -0.3 is 5.32 Å². The van der Waals surface area contributed by atoms with Crippen LogP contribution in [0.2, 0.25) is 5.02 Å². The second-order valence-electron chi connectivity index (χ2n) is 5.52. The van der Waals surface area contributed by atoms with Crippen LogP contribution in [-0.4, -0.2) is 15.8 Å². The highest BCUT2D eigenvalue weighted by Gasteiger charge is 2.34. The van der Waals surface area contributed by atoms with Gasteiger partial charge in [-0.2, -0.15) is 5.10 Å². The Morgan fingerprint density at radius 2 is 2.21 bits per heavy atom. The average Bonchev–Trinajstić information content (AvgIpc) is 2.98. The lowest BCUT2D eigenvalue weighted by atomic mass is 10.0. The van der Waals surface area contributed by atoms with Crippen LogP contribution >= 0.6 is 11.6 Å². The van der Waals surface area contributed by atoms with Gasteiger partial charge in [0.1, 0.15) is 0 Å². The van der Waals surface area contributed by atoms with Crippen molar-refractivity contribution in [3.8, 4) is 0 Å². The third kappa shape index (κ3) is 1.97. The summed E-state index contributed by atoms with van der Waals surface area (Å²) in [5.41, 5.74) is 3.79. The van der Waals surface area contributed by atoms with E-state index in [1.165, 1.54) is 24.1 Å². The second-order valence-corrected chi connectivity index (χ2v) is 5.92. The summed E-state index contributed by atoms with van der Waals surface area (Å²) in [5.74, 6) is 0. The number of rotatable bonds is 2. The molecule has 1 aromatic heterocycles. The van der Waals surface area contributed by atoms with Crippen LogP contribution in [-0.2, 0) is 13.0 Å². The lowest BCUT2D eigenvalue weighted by Crippen LogP contribution is -2.31. The molecule has 1 aromatic carbocycles. The van der Waals surface area contributed by atoms with E-state index in [4.69, 9.17) is 16.7 Å². The summed E-state index contributed by atoms with van der Waals surface area (Å²) in [6, 6.07) is 9.14. The van der Waals surface area contributed by atoms with E-state index in [1.807, 2.05) is 22.9 Å². The minimum Gasteiger partial charge on any atom is -0.307 e. The van der Waals surface area contributed by atoms with E-state index >= 15 is 0 Å². The molecule has 19 heavy (non-hydrogen) atoms. The van der Waals surface area contributed by atoms with Gasteiger partial charge in [-0.3, -0.25) is 4.68 Å². The zero-order valence-electron chi connectivity index (χ0n) is 10.6. The van der Waals surface area contributed by atoms with Gasteiger partial charge in [0.15, 0.2) is 0 Å². The monoisotopic (exact) mass is 273 g/mol. The predicted octanol–water partition coefficient (Wildman–Crippen LogP) is 2.93. The third-order valence-electron chi connectivity index (χ3n) is 4.22. The maximum absolute atomic E-state index is 6.21.